The van der Waals surface area contributed by atoms with Crippen LogP contribution in [0.3, 0.4) is 0 Å². The van der Waals surface area contributed by atoms with Crippen LogP contribution in [0.2, 0.25) is 0 Å². The number of sulfonamides is 1. The Morgan fingerprint density at radius 2 is 1.85 bits per heavy atom. The number of imidazole rings is 1. The van der Waals surface area contributed by atoms with Crippen molar-refractivity contribution in [2.45, 2.75) is 37.3 Å². The molecular formula is C22H22F3N3O4S. The van der Waals surface area contributed by atoms with Gasteiger partial charge in [0.05, 0.1) is 21.8 Å². The molecule has 1 aliphatic heterocycles. The van der Waals surface area contributed by atoms with Crippen molar-refractivity contribution in [3.05, 3.63) is 60.2 Å². The summed E-state index contributed by atoms with van der Waals surface area (Å²) in [7, 11) is -3.92. The van der Waals surface area contributed by atoms with E-state index in [4.69, 9.17) is 4.74 Å². The summed E-state index contributed by atoms with van der Waals surface area (Å²) in [4.78, 5) is 16.9. The average Bonchev–Trinajstić information content (AvgIpc) is 3.19. The summed E-state index contributed by atoms with van der Waals surface area (Å²) in [6, 6.07) is 10.8. The average molecular weight is 481 g/mol. The van der Waals surface area contributed by atoms with Crippen molar-refractivity contribution in [1.82, 2.24) is 13.9 Å². The van der Waals surface area contributed by atoms with Crippen molar-refractivity contribution in [1.29, 1.82) is 0 Å². The van der Waals surface area contributed by atoms with Crippen LogP contribution in [0.1, 0.15) is 38.2 Å². The molecule has 1 aromatic heterocycles. The van der Waals surface area contributed by atoms with Gasteiger partial charge in [-0.25, -0.2) is 17.8 Å². The van der Waals surface area contributed by atoms with E-state index in [1.165, 1.54) is 25.1 Å². The highest BCUT2D eigenvalue weighted by atomic mass is 32.2. The van der Waals surface area contributed by atoms with Crippen LogP contribution >= 0.6 is 0 Å². The third-order valence-electron chi connectivity index (χ3n) is 5.64. The zero-order valence-corrected chi connectivity index (χ0v) is 18.5. The first-order valence-corrected chi connectivity index (χ1v) is 11.8. The van der Waals surface area contributed by atoms with Crippen LogP contribution in [0.4, 0.5) is 13.2 Å². The van der Waals surface area contributed by atoms with E-state index in [1.54, 1.807) is 18.2 Å². The topological polar surface area (TPSA) is 81.5 Å². The zero-order valence-electron chi connectivity index (χ0n) is 17.7. The maximum absolute atomic E-state index is 13.7. The van der Waals surface area contributed by atoms with Crippen molar-refractivity contribution in [2.24, 2.45) is 5.92 Å². The molecule has 4 rings (SSSR count). The first-order chi connectivity index (χ1) is 15.7. The standard InChI is InChI=1S/C22H22F3N3O4S/c1-14(20-26-18-6-2-3-7-19(18)28(20)22(24)25)32-21(29)15-5-4-12-27(13-15)33(30,31)17-10-8-16(23)9-11-17/h2-3,6-11,14-15,22H,4-5,12-13H2,1H3/t14-,15+/m0/s1. The SMILES string of the molecule is C[C@H](OC(=O)[C@@H]1CCCN(S(=O)(=O)c2ccc(F)cc2)C1)c1nc2ccccc2n1C(F)F. The second-order valence-electron chi connectivity index (χ2n) is 7.84. The van der Waals surface area contributed by atoms with Crippen molar-refractivity contribution in [2.75, 3.05) is 13.1 Å². The van der Waals surface area contributed by atoms with Gasteiger partial charge in [0.2, 0.25) is 10.0 Å². The minimum absolute atomic E-state index is 0.0723. The quantitative estimate of drug-likeness (QED) is 0.491. The Kier molecular flexibility index (Phi) is 6.44. The lowest BCUT2D eigenvalue weighted by Crippen LogP contribution is -2.42. The van der Waals surface area contributed by atoms with Gasteiger partial charge in [0, 0.05) is 13.1 Å². The fourth-order valence-electron chi connectivity index (χ4n) is 3.99. The maximum Gasteiger partial charge on any atom is 0.320 e. The van der Waals surface area contributed by atoms with Crippen LogP contribution < -0.4 is 0 Å². The van der Waals surface area contributed by atoms with E-state index in [9.17, 15) is 26.4 Å². The molecule has 2 atom stereocenters. The molecular weight excluding hydrogens is 459 g/mol. The van der Waals surface area contributed by atoms with Crippen LogP contribution in [0.15, 0.2) is 53.4 Å². The molecule has 1 fully saturated rings. The second-order valence-corrected chi connectivity index (χ2v) is 9.78. The van der Waals surface area contributed by atoms with Gasteiger partial charge >= 0.3 is 12.5 Å². The Labute approximate surface area is 188 Å². The molecule has 0 aliphatic carbocycles. The van der Waals surface area contributed by atoms with Gasteiger partial charge in [-0.2, -0.15) is 13.1 Å². The fraction of sp³-hybridized carbons (Fsp3) is 0.364. The Bertz CT molecular complexity index is 1260. The molecule has 0 unspecified atom stereocenters. The lowest BCUT2D eigenvalue weighted by molar-refractivity contribution is -0.155. The number of nitrogens with zero attached hydrogens (tertiary/aromatic N) is 3. The predicted molar refractivity (Wildman–Crippen MR) is 113 cm³/mol. The largest absolute Gasteiger partial charge is 0.454 e. The molecule has 0 amide bonds. The van der Waals surface area contributed by atoms with Gasteiger partial charge < -0.3 is 4.74 Å². The number of hydrogen-bond acceptors (Lipinski definition) is 5. The Morgan fingerprint density at radius 1 is 1.15 bits per heavy atom. The van der Waals surface area contributed by atoms with E-state index in [-0.39, 0.29) is 29.3 Å². The molecule has 33 heavy (non-hydrogen) atoms. The summed E-state index contributed by atoms with van der Waals surface area (Å²) in [6.45, 7) is -1.33. The second kappa shape index (κ2) is 9.14. The van der Waals surface area contributed by atoms with Crippen LogP contribution in [-0.4, -0.2) is 41.3 Å². The lowest BCUT2D eigenvalue weighted by atomic mass is 10.00. The molecule has 3 aromatic rings. The maximum atomic E-state index is 13.7. The van der Waals surface area contributed by atoms with Gasteiger partial charge in [-0.1, -0.05) is 12.1 Å². The number of benzene rings is 2. The van der Waals surface area contributed by atoms with E-state index in [0.717, 1.165) is 21.0 Å². The normalized spacial score (nSPS) is 18.5. The highest BCUT2D eigenvalue weighted by Crippen LogP contribution is 2.30. The number of esters is 1. The number of para-hydroxylation sites is 2. The fourth-order valence-corrected chi connectivity index (χ4v) is 5.51. The number of fused-ring (bicyclic) bond motifs is 1. The van der Waals surface area contributed by atoms with E-state index >= 15 is 0 Å². The molecule has 2 aromatic carbocycles. The zero-order chi connectivity index (χ0) is 23.8. The van der Waals surface area contributed by atoms with E-state index in [2.05, 4.69) is 4.98 Å². The van der Waals surface area contributed by atoms with Crippen molar-refractivity contribution < 1.29 is 31.1 Å². The summed E-state index contributed by atoms with van der Waals surface area (Å²) in [5, 5.41) is 0. The number of aromatic nitrogens is 2. The lowest BCUT2D eigenvalue weighted by Gasteiger charge is -2.31. The van der Waals surface area contributed by atoms with Crippen LogP contribution in [0.5, 0.6) is 0 Å². The predicted octanol–water partition coefficient (Wildman–Crippen LogP) is 4.28. The number of rotatable bonds is 6. The highest BCUT2D eigenvalue weighted by molar-refractivity contribution is 7.89. The Hall–Kier alpha value is -2.92. The molecule has 0 saturated carbocycles. The molecule has 176 valence electrons. The van der Waals surface area contributed by atoms with Gasteiger partial charge in [0.15, 0.2) is 11.9 Å². The van der Waals surface area contributed by atoms with Crippen molar-refractivity contribution >= 4 is 27.0 Å². The van der Waals surface area contributed by atoms with Crippen molar-refractivity contribution in [3.63, 3.8) is 0 Å². The third-order valence-corrected chi connectivity index (χ3v) is 7.52. The van der Waals surface area contributed by atoms with Crippen LogP contribution in [-0.2, 0) is 19.6 Å². The van der Waals surface area contributed by atoms with E-state index in [1.807, 2.05) is 0 Å². The summed E-state index contributed by atoms with van der Waals surface area (Å²) < 4.78 is 73.7. The van der Waals surface area contributed by atoms with Gasteiger partial charge in [0.25, 0.3) is 0 Å². The van der Waals surface area contributed by atoms with E-state index < -0.39 is 40.4 Å². The smallest absolute Gasteiger partial charge is 0.320 e. The van der Waals surface area contributed by atoms with Gasteiger partial charge in [-0.15, -0.1) is 0 Å². The molecule has 0 bridgehead atoms. The number of piperidine rings is 1. The number of hydrogen-bond donors (Lipinski definition) is 0. The number of halogens is 3. The minimum atomic E-state index is -3.92. The monoisotopic (exact) mass is 481 g/mol. The Balaban J connectivity index is 1.50. The van der Waals surface area contributed by atoms with Gasteiger partial charge in [-0.3, -0.25) is 9.36 Å². The molecule has 2 heterocycles. The molecule has 1 aliphatic rings. The summed E-state index contributed by atoms with van der Waals surface area (Å²) >= 11 is 0. The summed E-state index contributed by atoms with van der Waals surface area (Å²) in [5.41, 5.74) is 0.574. The molecule has 7 nitrogen and oxygen atoms in total. The molecule has 1 saturated heterocycles. The number of ether oxygens (including phenoxy) is 1. The number of alkyl halides is 2. The molecule has 0 spiro atoms. The number of carbonyl (C=O) groups is 1. The number of carbonyl (C=O) groups excluding carboxylic acids is 1. The third kappa shape index (κ3) is 4.60. The highest BCUT2D eigenvalue weighted by Gasteiger charge is 2.35. The summed E-state index contributed by atoms with van der Waals surface area (Å²) in [6.07, 6.45) is -0.251. The first kappa shape index (κ1) is 23.2. The summed E-state index contributed by atoms with van der Waals surface area (Å²) in [5.74, 6) is -2.10. The van der Waals surface area contributed by atoms with Crippen LogP contribution in [0.25, 0.3) is 11.0 Å². The Morgan fingerprint density at radius 3 is 2.55 bits per heavy atom. The molecule has 0 N–H and O–H groups in total. The molecule has 0 radical (unpaired) electrons. The van der Waals surface area contributed by atoms with Crippen LogP contribution in [0, 0.1) is 11.7 Å². The van der Waals surface area contributed by atoms with E-state index in [0.29, 0.717) is 18.4 Å². The first-order valence-electron chi connectivity index (χ1n) is 10.4. The van der Waals surface area contributed by atoms with Gasteiger partial charge in [-0.05, 0) is 56.2 Å². The van der Waals surface area contributed by atoms with Gasteiger partial charge in [0.1, 0.15) is 5.82 Å². The van der Waals surface area contributed by atoms with Crippen molar-refractivity contribution in [3.8, 4) is 0 Å². The minimum Gasteiger partial charge on any atom is -0.454 e. The molecule has 11 heteroatoms.